The van der Waals surface area contributed by atoms with E-state index in [1.54, 1.807) is 18.3 Å². The Kier molecular flexibility index (Phi) is 5.92. The maximum Gasteiger partial charge on any atom is 0.270 e. The summed E-state index contributed by atoms with van der Waals surface area (Å²) in [6.45, 7) is 5.18. The number of nitrogens with two attached hydrogens (primary N) is 1. The third-order valence-corrected chi connectivity index (χ3v) is 4.22. The quantitative estimate of drug-likeness (QED) is 0.436. The normalized spacial score (nSPS) is 14.9. The molecule has 2 heterocycles. The average molecular weight is 358 g/mol. The van der Waals surface area contributed by atoms with E-state index in [0.717, 1.165) is 45.8 Å². The minimum atomic E-state index is -0.420. The Morgan fingerprint density at radius 1 is 1.35 bits per heavy atom. The maximum atomic E-state index is 11.0. The van der Waals surface area contributed by atoms with Gasteiger partial charge in [0, 0.05) is 43.5 Å². The molecule has 0 bridgehead atoms. The number of nitrogens with one attached hydrogen (secondary N) is 1. The lowest BCUT2D eigenvalue weighted by molar-refractivity contribution is -0.384. The van der Waals surface area contributed by atoms with Crippen molar-refractivity contribution in [2.75, 3.05) is 50.4 Å². The number of ether oxygens (including phenoxy) is 1. The molecular weight excluding hydrogens is 336 g/mol. The van der Waals surface area contributed by atoms with E-state index in [1.165, 1.54) is 12.1 Å². The van der Waals surface area contributed by atoms with E-state index >= 15 is 0 Å². The van der Waals surface area contributed by atoms with Crippen molar-refractivity contribution < 1.29 is 9.66 Å². The van der Waals surface area contributed by atoms with Gasteiger partial charge >= 0.3 is 0 Å². The standard InChI is InChI=1S/C17H22N6O3/c18-17-20-12-15(13-3-1-4-14(11-13)23(24)25)16(21-17)19-5-2-6-22-7-9-26-10-8-22/h1,3-4,11-12H,2,5-10H2,(H3,18,19,20,21). The summed E-state index contributed by atoms with van der Waals surface area (Å²) < 4.78 is 5.34. The summed E-state index contributed by atoms with van der Waals surface area (Å²) in [5.41, 5.74) is 7.10. The number of benzene rings is 1. The number of aromatic nitrogens is 2. The number of nitro benzene ring substituents is 1. The number of rotatable bonds is 7. The fourth-order valence-electron chi connectivity index (χ4n) is 2.86. The smallest absolute Gasteiger partial charge is 0.270 e. The molecule has 26 heavy (non-hydrogen) atoms. The topological polar surface area (TPSA) is 119 Å². The number of hydrogen-bond acceptors (Lipinski definition) is 8. The van der Waals surface area contributed by atoms with Gasteiger partial charge in [-0.3, -0.25) is 15.0 Å². The van der Waals surface area contributed by atoms with Crippen LogP contribution in [0.3, 0.4) is 0 Å². The predicted molar refractivity (Wildman–Crippen MR) is 98.9 cm³/mol. The molecule has 9 heteroatoms. The minimum Gasteiger partial charge on any atom is -0.379 e. The van der Waals surface area contributed by atoms with Crippen molar-refractivity contribution in [3.63, 3.8) is 0 Å². The van der Waals surface area contributed by atoms with E-state index in [-0.39, 0.29) is 11.6 Å². The lowest BCUT2D eigenvalue weighted by Crippen LogP contribution is -2.37. The van der Waals surface area contributed by atoms with Crippen molar-refractivity contribution >= 4 is 17.5 Å². The van der Waals surface area contributed by atoms with Crippen molar-refractivity contribution in [2.45, 2.75) is 6.42 Å². The van der Waals surface area contributed by atoms with Crippen molar-refractivity contribution in [1.29, 1.82) is 0 Å². The zero-order valence-electron chi connectivity index (χ0n) is 14.4. The fraction of sp³-hybridized carbons (Fsp3) is 0.412. The van der Waals surface area contributed by atoms with Crippen molar-refractivity contribution in [3.8, 4) is 11.1 Å². The van der Waals surface area contributed by atoms with E-state index < -0.39 is 4.92 Å². The highest BCUT2D eigenvalue weighted by molar-refractivity contribution is 5.76. The van der Waals surface area contributed by atoms with E-state index in [9.17, 15) is 10.1 Å². The monoisotopic (exact) mass is 358 g/mol. The van der Waals surface area contributed by atoms with Crippen LogP contribution < -0.4 is 11.1 Å². The Hall–Kier alpha value is -2.78. The summed E-state index contributed by atoms with van der Waals surface area (Å²) in [5, 5.41) is 14.3. The van der Waals surface area contributed by atoms with Gasteiger partial charge in [0.05, 0.1) is 18.1 Å². The predicted octanol–water partition coefficient (Wildman–Crippen LogP) is 1.77. The number of nitrogen functional groups attached to an aromatic ring is 1. The van der Waals surface area contributed by atoms with Crippen LogP contribution in [0, 0.1) is 10.1 Å². The third-order valence-electron chi connectivity index (χ3n) is 4.22. The van der Waals surface area contributed by atoms with Crippen LogP contribution in [0.2, 0.25) is 0 Å². The van der Waals surface area contributed by atoms with Gasteiger partial charge < -0.3 is 15.8 Å². The first-order valence-corrected chi connectivity index (χ1v) is 8.55. The van der Waals surface area contributed by atoms with E-state index in [1.807, 2.05) is 0 Å². The molecule has 2 aromatic rings. The second-order valence-electron chi connectivity index (χ2n) is 6.03. The Balaban J connectivity index is 1.68. The molecule has 1 aliphatic rings. The number of hydrogen-bond donors (Lipinski definition) is 2. The number of morpholine rings is 1. The van der Waals surface area contributed by atoms with Crippen LogP contribution >= 0.6 is 0 Å². The van der Waals surface area contributed by atoms with Crippen LogP contribution in [-0.4, -0.2) is 59.2 Å². The van der Waals surface area contributed by atoms with E-state index in [4.69, 9.17) is 10.5 Å². The highest BCUT2D eigenvalue weighted by Gasteiger charge is 2.13. The molecule has 1 fully saturated rings. The first-order chi connectivity index (χ1) is 12.6. The van der Waals surface area contributed by atoms with Crippen molar-refractivity contribution in [2.24, 2.45) is 0 Å². The molecule has 1 aromatic carbocycles. The van der Waals surface area contributed by atoms with Gasteiger partial charge in [-0.2, -0.15) is 4.98 Å². The SMILES string of the molecule is Nc1ncc(-c2cccc([N+](=O)[O-])c2)c(NCCCN2CCOCC2)n1. The van der Waals surface area contributed by atoms with E-state index in [0.29, 0.717) is 16.9 Å². The second kappa shape index (κ2) is 8.54. The largest absolute Gasteiger partial charge is 0.379 e. The molecule has 9 nitrogen and oxygen atoms in total. The highest BCUT2D eigenvalue weighted by atomic mass is 16.6. The van der Waals surface area contributed by atoms with Gasteiger partial charge in [0.15, 0.2) is 0 Å². The number of nitrogens with zero attached hydrogens (tertiary/aromatic N) is 4. The lowest BCUT2D eigenvalue weighted by Gasteiger charge is -2.26. The maximum absolute atomic E-state index is 11.0. The highest BCUT2D eigenvalue weighted by Crippen LogP contribution is 2.28. The van der Waals surface area contributed by atoms with Gasteiger partial charge in [-0.15, -0.1) is 0 Å². The molecule has 0 amide bonds. The fourth-order valence-corrected chi connectivity index (χ4v) is 2.86. The van der Waals surface area contributed by atoms with Crippen LogP contribution in [0.25, 0.3) is 11.1 Å². The van der Waals surface area contributed by atoms with Gasteiger partial charge in [0.25, 0.3) is 5.69 Å². The van der Waals surface area contributed by atoms with Gasteiger partial charge in [-0.25, -0.2) is 4.98 Å². The zero-order chi connectivity index (χ0) is 18.4. The molecule has 1 saturated heterocycles. The molecule has 0 aliphatic carbocycles. The molecule has 0 spiro atoms. The number of anilines is 2. The summed E-state index contributed by atoms with van der Waals surface area (Å²) >= 11 is 0. The molecular formula is C17H22N6O3. The molecule has 0 atom stereocenters. The molecule has 1 aliphatic heterocycles. The Labute approximate surface area is 151 Å². The molecule has 138 valence electrons. The molecule has 1 aromatic heterocycles. The van der Waals surface area contributed by atoms with Crippen LogP contribution in [-0.2, 0) is 4.74 Å². The molecule has 0 unspecified atom stereocenters. The van der Waals surface area contributed by atoms with Crippen LogP contribution in [0.15, 0.2) is 30.5 Å². The lowest BCUT2D eigenvalue weighted by atomic mass is 10.1. The van der Waals surface area contributed by atoms with Crippen LogP contribution in [0.1, 0.15) is 6.42 Å². The number of non-ortho nitro benzene ring substituents is 1. The second-order valence-corrected chi connectivity index (χ2v) is 6.03. The van der Waals surface area contributed by atoms with Gasteiger partial charge in [0.2, 0.25) is 5.95 Å². The average Bonchev–Trinajstić information content (AvgIpc) is 2.66. The van der Waals surface area contributed by atoms with E-state index in [2.05, 4.69) is 20.2 Å². The zero-order valence-corrected chi connectivity index (χ0v) is 14.4. The van der Waals surface area contributed by atoms with Gasteiger partial charge in [-0.1, -0.05) is 12.1 Å². The van der Waals surface area contributed by atoms with Gasteiger partial charge in [-0.05, 0) is 18.5 Å². The summed E-state index contributed by atoms with van der Waals surface area (Å²) in [6, 6.07) is 6.40. The minimum absolute atomic E-state index is 0.0255. The summed E-state index contributed by atoms with van der Waals surface area (Å²) in [6.07, 6.45) is 2.53. The first-order valence-electron chi connectivity index (χ1n) is 8.55. The summed E-state index contributed by atoms with van der Waals surface area (Å²) in [4.78, 5) is 21.2. The molecule has 3 rings (SSSR count). The van der Waals surface area contributed by atoms with Crippen molar-refractivity contribution in [3.05, 3.63) is 40.6 Å². The van der Waals surface area contributed by atoms with Gasteiger partial charge in [0.1, 0.15) is 5.82 Å². The third kappa shape index (κ3) is 4.64. The Morgan fingerprint density at radius 2 is 2.15 bits per heavy atom. The first kappa shape index (κ1) is 18.0. The van der Waals surface area contributed by atoms with Crippen LogP contribution in [0.5, 0.6) is 0 Å². The Bertz CT molecular complexity index is 764. The Morgan fingerprint density at radius 3 is 2.92 bits per heavy atom. The van der Waals surface area contributed by atoms with Crippen molar-refractivity contribution in [1.82, 2.24) is 14.9 Å². The molecule has 3 N–H and O–H groups in total. The number of nitro groups is 1. The summed E-state index contributed by atoms with van der Waals surface area (Å²) in [5.74, 6) is 0.745. The molecule has 0 radical (unpaired) electrons. The van der Waals surface area contributed by atoms with Crippen LogP contribution in [0.4, 0.5) is 17.5 Å². The summed E-state index contributed by atoms with van der Waals surface area (Å²) in [7, 11) is 0. The molecule has 0 saturated carbocycles.